The number of methoxy groups -OCH3 is 1. The summed E-state index contributed by atoms with van der Waals surface area (Å²) in [6.45, 7) is 2.12. The van der Waals surface area contributed by atoms with Crippen LogP contribution in [0.3, 0.4) is 0 Å². The molecule has 0 atom stereocenters. The van der Waals surface area contributed by atoms with Crippen LogP contribution in [0.25, 0.3) is 16.9 Å². The number of imidazole rings is 1. The molecule has 4 heterocycles. The zero-order valence-corrected chi connectivity index (χ0v) is 20.0. The van der Waals surface area contributed by atoms with Gasteiger partial charge in [-0.1, -0.05) is 11.6 Å². The molecular weight excluding hydrogens is 464 g/mol. The first kappa shape index (κ1) is 22.5. The minimum atomic E-state index is -3.07. The predicted molar refractivity (Wildman–Crippen MR) is 128 cm³/mol. The number of ether oxygens (including phenoxy) is 1. The van der Waals surface area contributed by atoms with E-state index in [1.165, 1.54) is 0 Å². The minimum absolute atomic E-state index is 0.104. The molecule has 2 aliphatic heterocycles. The maximum Gasteiger partial charge on any atom is 0.214 e. The van der Waals surface area contributed by atoms with E-state index in [-0.39, 0.29) is 18.4 Å². The number of fused-ring (bicyclic) bond motifs is 1. The molecule has 0 spiro atoms. The zero-order valence-electron chi connectivity index (χ0n) is 18.4. The molecule has 0 aliphatic carbocycles. The minimum Gasteiger partial charge on any atom is -0.495 e. The Morgan fingerprint density at radius 1 is 1.21 bits per heavy atom. The van der Waals surface area contributed by atoms with Crippen LogP contribution < -0.4 is 9.64 Å². The van der Waals surface area contributed by atoms with Gasteiger partial charge in [-0.05, 0) is 43.0 Å². The third-order valence-electron chi connectivity index (χ3n) is 6.64. The molecule has 2 aromatic heterocycles. The fourth-order valence-corrected chi connectivity index (χ4v) is 6.94. The van der Waals surface area contributed by atoms with Gasteiger partial charge in [-0.15, -0.1) is 0 Å². The normalized spacial score (nSPS) is 19.4. The number of sulfonamides is 1. The van der Waals surface area contributed by atoms with Crippen LogP contribution in [0.1, 0.15) is 24.8 Å². The lowest BCUT2D eigenvalue weighted by atomic mass is 10.0. The van der Waals surface area contributed by atoms with E-state index < -0.39 is 10.0 Å². The van der Waals surface area contributed by atoms with Crippen molar-refractivity contribution in [3.63, 3.8) is 0 Å². The first-order valence-electron chi connectivity index (χ1n) is 11.1. The molecular formula is C23H27ClN4O4S. The lowest BCUT2D eigenvalue weighted by Gasteiger charge is -2.37. The molecule has 10 heteroatoms. The summed E-state index contributed by atoms with van der Waals surface area (Å²) >= 11 is 6.32. The second-order valence-corrected chi connectivity index (χ2v) is 11.0. The van der Waals surface area contributed by atoms with Gasteiger partial charge in [0.2, 0.25) is 10.0 Å². The lowest BCUT2D eigenvalue weighted by molar-refractivity contribution is 0.281. The van der Waals surface area contributed by atoms with Crippen LogP contribution in [0.2, 0.25) is 5.02 Å². The Kier molecular flexibility index (Phi) is 5.98. The number of aliphatic hydroxyl groups is 1. The van der Waals surface area contributed by atoms with Gasteiger partial charge in [0.05, 0.1) is 30.2 Å². The standard InChI is InChI=1S/C23H27ClN4O4S/c1-32-22-11-16(15-29)19(13-20(22)24)21-14-27-9-5-18(12-23(27)25-21)26-7-3-17(4-8-26)28-6-2-10-33(28,30)31/h5,9,11-14,17,29H,2-4,6-8,10,15H2,1H3. The van der Waals surface area contributed by atoms with Crippen LogP contribution in [-0.4, -0.2) is 65.8 Å². The Morgan fingerprint density at radius 3 is 2.67 bits per heavy atom. The number of halogens is 1. The van der Waals surface area contributed by atoms with Crippen molar-refractivity contribution in [2.75, 3.05) is 37.4 Å². The van der Waals surface area contributed by atoms with E-state index in [1.54, 1.807) is 23.5 Å². The largest absolute Gasteiger partial charge is 0.495 e. The zero-order chi connectivity index (χ0) is 23.2. The van der Waals surface area contributed by atoms with Crippen molar-refractivity contribution in [1.82, 2.24) is 13.7 Å². The Labute approximate surface area is 198 Å². The second kappa shape index (κ2) is 8.79. The number of piperidine rings is 1. The molecule has 5 rings (SSSR count). The molecule has 176 valence electrons. The van der Waals surface area contributed by atoms with Crippen molar-refractivity contribution < 1.29 is 18.3 Å². The monoisotopic (exact) mass is 490 g/mol. The summed E-state index contributed by atoms with van der Waals surface area (Å²) in [6, 6.07) is 7.70. The van der Waals surface area contributed by atoms with Crippen LogP contribution in [0.4, 0.5) is 5.69 Å². The average Bonchev–Trinajstić information content (AvgIpc) is 3.40. The van der Waals surface area contributed by atoms with Crippen molar-refractivity contribution in [2.45, 2.75) is 31.9 Å². The highest BCUT2D eigenvalue weighted by Gasteiger charge is 2.36. The van der Waals surface area contributed by atoms with Gasteiger partial charge in [0.15, 0.2) is 0 Å². The molecule has 1 aromatic carbocycles. The fraction of sp³-hybridized carbons (Fsp3) is 0.435. The van der Waals surface area contributed by atoms with Gasteiger partial charge in [-0.2, -0.15) is 4.31 Å². The number of aromatic nitrogens is 2. The molecule has 2 aliphatic rings. The lowest BCUT2D eigenvalue weighted by Crippen LogP contribution is -2.45. The quantitative estimate of drug-likeness (QED) is 0.591. The summed E-state index contributed by atoms with van der Waals surface area (Å²) in [5.41, 5.74) is 4.04. The molecule has 0 amide bonds. The summed E-state index contributed by atoms with van der Waals surface area (Å²) in [5.74, 6) is 0.796. The van der Waals surface area contributed by atoms with E-state index in [9.17, 15) is 13.5 Å². The number of aliphatic hydroxyl groups excluding tert-OH is 1. The van der Waals surface area contributed by atoms with Gasteiger partial charge >= 0.3 is 0 Å². The molecule has 0 unspecified atom stereocenters. The Hall–Kier alpha value is -2.33. The first-order chi connectivity index (χ1) is 15.9. The topological polar surface area (TPSA) is 87.4 Å². The summed E-state index contributed by atoms with van der Waals surface area (Å²) in [5, 5.41) is 10.3. The molecule has 1 N–H and O–H groups in total. The molecule has 0 saturated carbocycles. The summed E-state index contributed by atoms with van der Waals surface area (Å²) in [6.07, 6.45) is 6.28. The number of pyridine rings is 1. The van der Waals surface area contributed by atoms with Gasteiger partial charge in [-0.25, -0.2) is 13.4 Å². The van der Waals surface area contributed by atoms with E-state index in [0.717, 1.165) is 54.9 Å². The number of anilines is 1. The molecule has 3 aromatic rings. The van der Waals surface area contributed by atoms with Crippen molar-refractivity contribution >= 4 is 33.0 Å². The molecule has 8 nitrogen and oxygen atoms in total. The maximum absolute atomic E-state index is 12.3. The van der Waals surface area contributed by atoms with Crippen LogP contribution in [0.5, 0.6) is 5.75 Å². The summed E-state index contributed by atoms with van der Waals surface area (Å²) in [4.78, 5) is 7.07. The Morgan fingerprint density at radius 2 is 2.00 bits per heavy atom. The molecule has 2 saturated heterocycles. The van der Waals surface area contributed by atoms with Crippen LogP contribution >= 0.6 is 11.6 Å². The second-order valence-electron chi connectivity index (χ2n) is 8.58. The SMILES string of the molecule is COc1cc(CO)c(-c2cn3ccc(N4CCC(N5CCCS5(=O)=O)CC4)cc3n2)cc1Cl. The molecule has 33 heavy (non-hydrogen) atoms. The van der Waals surface area contributed by atoms with Gasteiger partial charge in [-0.3, -0.25) is 0 Å². The van der Waals surface area contributed by atoms with E-state index in [2.05, 4.69) is 11.0 Å². The van der Waals surface area contributed by atoms with Crippen molar-refractivity contribution in [3.05, 3.63) is 47.2 Å². The smallest absolute Gasteiger partial charge is 0.214 e. The third kappa shape index (κ3) is 4.19. The number of hydrogen-bond donors (Lipinski definition) is 1. The van der Waals surface area contributed by atoms with E-state index >= 15 is 0 Å². The van der Waals surface area contributed by atoms with Gasteiger partial charge in [0.1, 0.15) is 11.4 Å². The molecule has 2 fully saturated rings. The average molecular weight is 491 g/mol. The van der Waals surface area contributed by atoms with Crippen molar-refractivity contribution in [1.29, 1.82) is 0 Å². The predicted octanol–water partition coefficient (Wildman–Crippen LogP) is 3.16. The summed E-state index contributed by atoms with van der Waals surface area (Å²) < 4.78 is 33.4. The van der Waals surface area contributed by atoms with Crippen molar-refractivity contribution in [3.8, 4) is 17.0 Å². The van der Waals surface area contributed by atoms with E-state index in [4.69, 9.17) is 21.3 Å². The van der Waals surface area contributed by atoms with E-state index in [0.29, 0.717) is 22.9 Å². The number of hydrogen-bond acceptors (Lipinski definition) is 6. The van der Waals surface area contributed by atoms with Gasteiger partial charge < -0.3 is 19.1 Å². The Bertz CT molecular complexity index is 1290. The fourth-order valence-electron chi connectivity index (χ4n) is 4.90. The van der Waals surface area contributed by atoms with Crippen molar-refractivity contribution in [2.24, 2.45) is 0 Å². The molecule has 0 bridgehead atoms. The highest BCUT2D eigenvalue weighted by atomic mass is 35.5. The maximum atomic E-state index is 12.3. The summed E-state index contributed by atoms with van der Waals surface area (Å²) in [7, 11) is -1.53. The van der Waals surface area contributed by atoms with Crippen LogP contribution in [-0.2, 0) is 16.6 Å². The number of rotatable bonds is 5. The van der Waals surface area contributed by atoms with E-state index in [1.807, 2.05) is 22.9 Å². The Balaban J connectivity index is 1.37. The highest BCUT2D eigenvalue weighted by molar-refractivity contribution is 7.89. The van der Waals surface area contributed by atoms with Crippen LogP contribution in [0, 0.1) is 0 Å². The van der Waals surface area contributed by atoms with Crippen LogP contribution in [0.15, 0.2) is 36.7 Å². The molecule has 0 radical (unpaired) electrons. The number of nitrogens with zero attached hydrogens (tertiary/aromatic N) is 4. The van der Waals surface area contributed by atoms with Gasteiger partial charge in [0.25, 0.3) is 0 Å². The third-order valence-corrected chi connectivity index (χ3v) is 8.94. The first-order valence-corrected chi connectivity index (χ1v) is 13.1. The highest BCUT2D eigenvalue weighted by Crippen LogP contribution is 2.34. The number of benzene rings is 1. The van der Waals surface area contributed by atoms with Gasteiger partial charge in [0, 0.05) is 55.4 Å².